The van der Waals surface area contributed by atoms with Crippen molar-refractivity contribution in [3.63, 3.8) is 0 Å². The normalized spacial score (nSPS) is 32.8. The Bertz CT molecular complexity index is 293. The van der Waals surface area contributed by atoms with Crippen molar-refractivity contribution >= 4 is 17.5 Å². The van der Waals surface area contributed by atoms with Crippen LogP contribution < -0.4 is 0 Å². The molecular formula is C13H22ClNO2. The van der Waals surface area contributed by atoms with Gasteiger partial charge >= 0.3 is 0 Å². The number of carbonyl (C=O) groups excluding carboxylic acids is 1. The van der Waals surface area contributed by atoms with Gasteiger partial charge in [0.1, 0.15) is 0 Å². The number of carbonyl (C=O) groups is 1. The number of halogens is 1. The monoisotopic (exact) mass is 259 g/mol. The van der Waals surface area contributed by atoms with Crippen molar-refractivity contribution in [3.8, 4) is 0 Å². The van der Waals surface area contributed by atoms with Crippen molar-refractivity contribution in [1.29, 1.82) is 0 Å². The first-order chi connectivity index (χ1) is 8.06. The molecule has 0 radical (unpaired) electrons. The minimum Gasteiger partial charge on any atom is -0.377 e. The smallest absolute Gasteiger partial charge is 0.226 e. The van der Waals surface area contributed by atoms with Gasteiger partial charge < -0.3 is 9.64 Å². The zero-order chi connectivity index (χ0) is 12.5. The van der Waals surface area contributed by atoms with Gasteiger partial charge in [-0.15, -0.1) is 11.6 Å². The van der Waals surface area contributed by atoms with Crippen molar-refractivity contribution in [2.45, 2.75) is 39.2 Å². The molecule has 2 rings (SSSR count). The number of nitrogens with zero attached hydrogens (tertiary/aromatic N) is 1. The highest BCUT2D eigenvalue weighted by Gasteiger charge is 2.42. The molecule has 2 atom stereocenters. The van der Waals surface area contributed by atoms with Gasteiger partial charge in [0.15, 0.2) is 0 Å². The Morgan fingerprint density at radius 2 is 2.29 bits per heavy atom. The lowest BCUT2D eigenvalue weighted by molar-refractivity contribution is -0.146. The average Bonchev–Trinajstić information content (AvgIpc) is 2.68. The largest absolute Gasteiger partial charge is 0.377 e. The summed E-state index contributed by atoms with van der Waals surface area (Å²) in [6.07, 6.45) is 3.34. The average molecular weight is 260 g/mol. The van der Waals surface area contributed by atoms with Crippen molar-refractivity contribution < 1.29 is 9.53 Å². The number of ether oxygens (including phenoxy) is 1. The molecule has 0 spiro atoms. The van der Waals surface area contributed by atoms with Gasteiger partial charge in [-0.2, -0.15) is 0 Å². The molecule has 0 aromatic carbocycles. The van der Waals surface area contributed by atoms with Crippen molar-refractivity contribution in [2.24, 2.45) is 11.3 Å². The lowest BCUT2D eigenvalue weighted by Gasteiger charge is -2.38. The van der Waals surface area contributed by atoms with Gasteiger partial charge in [-0.05, 0) is 18.3 Å². The van der Waals surface area contributed by atoms with Gasteiger partial charge in [0.2, 0.25) is 5.91 Å². The van der Waals surface area contributed by atoms with Crippen LogP contribution in [0.25, 0.3) is 0 Å². The van der Waals surface area contributed by atoms with Gasteiger partial charge in [0, 0.05) is 18.3 Å². The first-order valence-corrected chi connectivity index (χ1v) is 7.04. The maximum absolute atomic E-state index is 12.6. The van der Waals surface area contributed by atoms with E-state index in [2.05, 4.69) is 13.8 Å². The van der Waals surface area contributed by atoms with Crippen LogP contribution in [0.3, 0.4) is 0 Å². The van der Waals surface area contributed by atoms with Crippen LogP contribution in [-0.4, -0.2) is 42.5 Å². The third kappa shape index (κ3) is 2.60. The summed E-state index contributed by atoms with van der Waals surface area (Å²) in [6.45, 7) is 6.34. The number of rotatable bonds is 2. The minimum atomic E-state index is 0.0642. The van der Waals surface area contributed by atoms with E-state index in [4.69, 9.17) is 16.3 Å². The predicted octanol–water partition coefficient (Wildman–Crippen LogP) is 2.28. The van der Waals surface area contributed by atoms with Crippen LogP contribution in [0.5, 0.6) is 0 Å². The fourth-order valence-corrected chi connectivity index (χ4v) is 3.31. The molecule has 0 N–H and O–H groups in total. The molecule has 4 heteroatoms. The number of hydrogen-bond donors (Lipinski definition) is 0. The summed E-state index contributed by atoms with van der Waals surface area (Å²) in [7, 11) is 0. The molecule has 1 aliphatic heterocycles. The molecule has 2 unspecified atom stereocenters. The minimum absolute atomic E-state index is 0.0642. The summed E-state index contributed by atoms with van der Waals surface area (Å²) < 4.78 is 5.39. The Hall–Kier alpha value is -0.280. The van der Waals surface area contributed by atoms with E-state index in [-0.39, 0.29) is 17.4 Å². The highest BCUT2D eigenvalue weighted by Crippen LogP contribution is 2.43. The van der Waals surface area contributed by atoms with Crippen LogP contribution in [0.4, 0.5) is 0 Å². The van der Waals surface area contributed by atoms with E-state index >= 15 is 0 Å². The molecule has 1 heterocycles. The molecule has 17 heavy (non-hydrogen) atoms. The Morgan fingerprint density at radius 1 is 1.53 bits per heavy atom. The number of morpholine rings is 1. The summed E-state index contributed by atoms with van der Waals surface area (Å²) in [5, 5.41) is 0. The van der Waals surface area contributed by atoms with Crippen LogP contribution in [-0.2, 0) is 9.53 Å². The molecule has 1 aliphatic carbocycles. The van der Waals surface area contributed by atoms with E-state index in [9.17, 15) is 4.79 Å². The zero-order valence-corrected chi connectivity index (χ0v) is 11.5. The van der Waals surface area contributed by atoms with E-state index in [1.807, 2.05) is 4.90 Å². The molecule has 1 amide bonds. The molecule has 98 valence electrons. The fourth-order valence-electron chi connectivity index (χ4n) is 3.06. The van der Waals surface area contributed by atoms with E-state index in [1.54, 1.807) is 0 Å². The maximum Gasteiger partial charge on any atom is 0.226 e. The lowest BCUT2D eigenvalue weighted by atomic mass is 9.81. The highest BCUT2D eigenvalue weighted by atomic mass is 35.5. The molecule has 2 aliphatic rings. The molecule has 0 aromatic heterocycles. The van der Waals surface area contributed by atoms with E-state index < -0.39 is 0 Å². The Kier molecular flexibility index (Phi) is 3.99. The van der Waals surface area contributed by atoms with E-state index in [1.165, 1.54) is 6.42 Å². The van der Waals surface area contributed by atoms with Crippen molar-refractivity contribution in [3.05, 3.63) is 0 Å². The van der Waals surface area contributed by atoms with Crippen LogP contribution in [0.15, 0.2) is 0 Å². The molecular weight excluding hydrogens is 238 g/mol. The van der Waals surface area contributed by atoms with Gasteiger partial charge in [0.25, 0.3) is 0 Å². The first-order valence-electron chi connectivity index (χ1n) is 6.50. The predicted molar refractivity (Wildman–Crippen MR) is 68.2 cm³/mol. The molecule has 1 saturated carbocycles. The van der Waals surface area contributed by atoms with Crippen LogP contribution in [0.2, 0.25) is 0 Å². The van der Waals surface area contributed by atoms with Gasteiger partial charge in [-0.1, -0.05) is 20.3 Å². The topological polar surface area (TPSA) is 29.5 Å². The Labute approximate surface area is 108 Å². The first kappa shape index (κ1) is 13.2. The number of hydrogen-bond acceptors (Lipinski definition) is 2. The van der Waals surface area contributed by atoms with Gasteiger partial charge in [-0.3, -0.25) is 4.79 Å². The second kappa shape index (κ2) is 5.15. The van der Waals surface area contributed by atoms with Crippen molar-refractivity contribution in [2.75, 3.05) is 25.6 Å². The summed E-state index contributed by atoms with van der Waals surface area (Å²) >= 11 is 5.92. The number of alkyl halides is 1. The molecule has 1 saturated heterocycles. The van der Waals surface area contributed by atoms with Gasteiger partial charge in [0.05, 0.1) is 19.3 Å². The quantitative estimate of drug-likeness (QED) is 0.712. The number of amides is 1. The summed E-state index contributed by atoms with van der Waals surface area (Å²) in [4.78, 5) is 14.5. The van der Waals surface area contributed by atoms with Crippen LogP contribution >= 0.6 is 11.6 Å². The lowest BCUT2D eigenvalue weighted by Crippen LogP contribution is -2.52. The summed E-state index contributed by atoms with van der Waals surface area (Å²) in [5.41, 5.74) is 0.145. The third-order valence-corrected chi connectivity index (χ3v) is 4.60. The molecule has 3 nitrogen and oxygen atoms in total. The highest BCUT2D eigenvalue weighted by molar-refractivity contribution is 6.18. The summed E-state index contributed by atoms with van der Waals surface area (Å²) in [6, 6.07) is 0.0642. The van der Waals surface area contributed by atoms with Crippen LogP contribution in [0.1, 0.15) is 33.1 Å². The standard InChI is InChI=1S/C13H22ClNO2/c1-13(2)5-3-4-11(13)12(16)15-6-7-17-9-10(15)8-14/h10-11H,3-9H2,1-2H3. The van der Waals surface area contributed by atoms with E-state index in [0.717, 1.165) is 12.8 Å². The van der Waals surface area contributed by atoms with Gasteiger partial charge in [-0.25, -0.2) is 0 Å². The summed E-state index contributed by atoms with van der Waals surface area (Å²) in [5.74, 6) is 0.937. The Morgan fingerprint density at radius 3 is 2.88 bits per heavy atom. The SMILES string of the molecule is CC1(C)CCCC1C(=O)N1CCOCC1CCl. The molecule has 0 bridgehead atoms. The zero-order valence-electron chi connectivity index (χ0n) is 10.7. The van der Waals surface area contributed by atoms with E-state index in [0.29, 0.717) is 31.5 Å². The van der Waals surface area contributed by atoms with Crippen LogP contribution in [0, 0.1) is 11.3 Å². The fraction of sp³-hybridized carbons (Fsp3) is 0.923. The second-order valence-corrected chi connectivity index (χ2v) is 6.16. The molecule has 0 aromatic rings. The molecule has 2 fully saturated rings. The maximum atomic E-state index is 12.6. The van der Waals surface area contributed by atoms with Crippen molar-refractivity contribution in [1.82, 2.24) is 4.90 Å². The second-order valence-electron chi connectivity index (χ2n) is 5.85. The third-order valence-electron chi connectivity index (χ3n) is 4.24. The Balaban J connectivity index is 2.07.